The molecule has 1 aromatic carbocycles. The Balaban J connectivity index is 2.44. The molecular weight excluding hydrogens is 412 g/mol. The average molecular weight is 427 g/mol. The number of anilines is 1. The summed E-state index contributed by atoms with van der Waals surface area (Å²) in [5.74, 6) is -7.24. The van der Waals surface area contributed by atoms with Crippen LogP contribution in [0.25, 0.3) is 5.69 Å². The van der Waals surface area contributed by atoms with Gasteiger partial charge in [-0.1, -0.05) is 0 Å². The molecule has 0 bridgehead atoms. The highest BCUT2D eigenvalue weighted by Crippen LogP contribution is 2.36. The van der Waals surface area contributed by atoms with Crippen LogP contribution < -0.4 is 10.1 Å². The number of nitrogens with one attached hydrogen (secondary N) is 1. The highest BCUT2D eigenvalue weighted by molar-refractivity contribution is 7.98. The first-order valence-electron chi connectivity index (χ1n) is 7.65. The summed E-state index contributed by atoms with van der Waals surface area (Å²) in [6, 6.07) is 3.53. The van der Waals surface area contributed by atoms with E-state index in [-0.39, 0.29) is 11.5 Å². The minimum absolute atomic E-state index is 0.142. The number of thioether (sulfide) groups is 1. The van der Waals surface area contributed by atoms with Crippen LogP contribution >= 0.6 is 11.8 Å². The smallest absolute Gasteiger partial charge is 0.456 e. The average Bonchev–Trinajstić information content (AvgIpc) is 2.94. The molecule has 2 aromatic rings. The number of rotatable bonds is 6. The molecule has 0 spiro atoms. The van der Waals surface area contributed by atoms with Crippen molar-refractivity contribution in [3.8, 4) is 11.6 Å². The molecule has 1 amide bonds. The number of aromatic nitrogens is 2. The second-order valence-electron chi connectivity index (χ2n) is 5.72. The normalized spacial score (nSPS) is 12.2. The van der Waals surface area contributed by atoms with Crippen LogP contribution in [0.1, 0.15) is 12.5 Å². The molecule has 0 fully saturated rings. The fourth-order valence-electron chi connectivity index (χ4n) is 2.15. The molecule has 28 heavy (non-hydrogen) atoms. The fraction of sp³-hybridized carbons (Fsp3) is 0.375. The zero-order valence-corrected chi connectivity index (χ0v) is 15.6. The van der Waals surface area contributed by atoms with Crippen LogP contribution in [0, 0.1) is 12.7 Å². The first-order valence-corrected chi connectivity index (χ1v) is 8.87. The van der Waals surface area contributed by atoms with E-state index in [0.717, 1.165) is 17.7 Å². The minimum Gasteiger partial charge on any atom is -0.470 e. The monoisotopic (exact) mass is 427 g/mol. The van der Waals surface area contributed by atoms with Crippen molar-refractivity contribution in [1.29, 1.82) is 0 Å². The van der Waals surface area contributed by atoms with Gasteiger partial charge in [-0.3, -0.25) is 4.79 Å². The summed E-state index contributed by atoms with van der Waals surface area (Å²) >= 11 is 1.31. The van der Waals surface area contributed by atoms with E-state index in [4.69, 9.17) is 0 Å². The van der Waals surface area contributed by atoms with Gasteiger partial charge in [0, 0.05) is 17.9 Å². The van der Waals surface area contributed by atoms with Crippen LogP contribution in [0.5, 0.6) is 5.88 Å². The Bertz CT molecular complexity index is 882. The van der Waals surface area contributed by atoms with Gasteiger partial charge in [-0.2, -0.15) is 22.0 Å². The SMILES string of the molecule is CSc1cc(-n2nc(OCC(F)(F)C(F)(F)F)cc2NC(C)=O)c(F)cc1C. The van der Waals surface area contributed by atoms with E-state index in [2.05, 4.69) is 15.2 Å². The summed E-state index contributed by atoms with van der Waals surface area (Å²) in [4.78, 5) is 12.0. The number of hydrogen-bond acceptors (Lipinski definition) is 4. The third-order valence-electron chi connectivity index (χ3n) is 3.50. The van der Waals surface area contributed by atoms with Crippen molar-refractivity contribution < 1.29 is 35.9 Å². The van der Waals surface area contributed by atoms with E-state index < -0.39 is 36.3 Å². The van der Waals surface area contributed by atoms with Crippen LogP contribution in [0.2, 0.25) is 0 Å². The van der Waals surface area contributed by atoms with Crippen LogP contribution in [-0.4, -0.2) is 40.6 Å². The first kappa shape index (κ1) is 21.9. The molecule has 5 nitrogen and oxygen atoms in total. The molecule has 1 N–H and O–H groups in total. The summed E-state index contributed by atoms with van der Waals surface area (Å²) in [5.41, 5.74) is 0.486. The van der Waals surface area contributed by atoms with Crippen LogP contribution in [0.4, 0.5) is 32.2 Å². The Morgan fingerprint density at radius 1 is 1.25 bits per heavy atom. The maximum Gasteiger partial charge on any atom is 0.456 e. The van der Waals surface area contributed by atoms with Gasteiger partial charge in [0.2, 0.25) is 11.8 Å². The highest BCUT2D eigenvalue weighted by Gasteiger charge is 2.58. The number of carbonyl (C=O) groups excluding carboxylic acids is 1. The highest BCUT2D eigenvalue weighted by atomic mass is 32.2. The number of aryl methyl sites for hydroxylation is 1. The molecular formula is C16H15F6N3O2S. The second kappa shape index (κ2) is 7.94. The molecule has 0 radical (unpaired) electrons. The van der Waals surface area contributed by atoms with E-state index in [0.29, 0.717) is 10.5 Å². The van der Waals surface area contributed by atoms with Crippen molar-refractivity contribution in [1.82, 2.24) is 9.78 Å². The van der Waals surface area contributed by atoms with Gasteiger partial charge in [0.25, 0.3) is 0 Å². The lowest BCUT2D eigenvalue weighted by Gasteiger charge is -2.18. The lowest BCUT2D eigenvalue weighted by molar-refractivity contribution is -0.290. The van der Waals surface area contributed by atoms with Gasteiger partial charge in [0.15, 0.2) is 6.61 Å². The van der Waals surface area contributed by atoms with Crippen molar-refractivity contribution in [3.05, 3.63) is 29.6 Å². The lowest BCUT2D eigenvalue weighted by Crippen LogP contribution is -2.41. The third-order valence-corrected chi connectivity index (χ3v) is 4.38. The summed E-state index contributed by atoms with van der Waals surface area (Å²) < 4.78 is 82.6. The number of benzene rings is 1. The van der Waals surface area contributed by atoms with E-state index in [1.807, 2.05) is 0 Å². The van der Waals surface area contributed by atoms with Crippen molar-refractivity contribution in [2.75, 3.05) is 18.2 Å². The van der Waals surface area contributed by atoms with Gasteiger partial charge in [-0.15, -0.1) is 16.9 Å². The quantitative estimate of drug-likeness (QED) is 0.542. The Morgan fingerprint density at radius 3 is 2.43 bits per heavy atom. The summed E-state index contributed by atoms with van der Waals surface area (Å²) in [7, 11) is 0. The van der Waals surface area contributed by atoms with Crippen molar-refractivity contribution >= 4 is 23.5 Å². The number of carbonyl (C=O) groups is 1. The minimum atomic E-state index is -5.80. The lowest BCUT2D eigenvalue weighted by atomic mass is 10.2. The molecule has 0 aliphatic rings. The number of nitrogens with zero attached hydrogens (tertiary/aromatic N) is 2. The predicted octanol–water partition coefficient (Wildman–Crippen LogP) is 4.58. The van der Waals surface area contributed by atoms with Gasteiger partial charge in [-0.25, -0.2) is 9.07 Å². The molecule has 12 heteroatoms. The van der Waals surface area contributed by atoms with Crippen molar-refractivity contribution in [2.45, 2.75) is 30.8 Å². The molecule has 0 saturated heterocycles. The first-order chi connectivity index (χ1) is 12.9. The molecule has 0 saturated carbocycles. The van der Waals surface area contributed by atoms with E-state index >= 15 is 0 Å². The van der Waals surface area contributed by atoms with E-state index in [1.54, 1.807) is 13.2 Å². The van der Waals surface area contributed by atoms with Gasteiger partial charge >= 0.3 is 12.1 Å². The zero-order chi connectivity index (χ0) is 21.3. The van der Waals surface area contributed by atoms with Crippen LogP contribution in [-0.2, 0) is 4.79 Å². The van der Waals surface area contributed by atoms with Gasteiger partial charge < -0.3 is 10.1 Å². The summed E-state index contributed by atoms with van der Waals surface area (Å²) in [6.07, 6.45) is -4.05. The number of amides is 1. The van der Waals surface area contributed by atoms with E-state index in [1.165, 1.54) is 23.9 Å². The Labute approximate surface area is 160 Å². The molecule has 0 aliphatic carbocycles. The zero-order valence-electron chi connectivity index (χ0n) is 14.8. The molecule has 0 atom stereocenters. The molecule has 1 heterocycles. The fourth-order valence-corrected chi connectivity index (χ4v) is 2.76. The largest absolute Gasteiger partial charge is 0.470 e. The molecule has 0 unspecified atom stereocenters. The maximum absolute atomic E-state index is 14.4. The van der Waals surface area contributed by atoms with E-state index in [9.17, 15) is 31.1 Å². The summed E-state index contributed by atoms with van der Waals surface area (Å²) in [6.45, 7) is 0.790. The maximum atomic E-state index is 14.4. The second-order valence-corrected chi connectivity index (χ2v) is 6.57. The van der Waals surface area contributed by atoms with Crippen molar-refractivity contribution in [2.24, 2.45) is 0 Å². The van der Waals surface area contributed by atoms with Gasteiger partial charge in [0.05, 0.1) is 0 Å². The topological polar surface area (TPSA) is 56.1 Å². The summed E-state index contributed by atoms with van der Waals surface area (Å²) in [5, 5.41) is 6.01. The van der Waals surface area contributed by atoms with Gasteiger partial charge in [-0.05, 0) is 30.9 Å². The van der Waals surface area contributed by atoms with Crippen LogP contribution in [0.3, 0.4) is 0 Å². The van der Waals surface area contributed by atoms with Gasteiger partial charge in [0.1, 0.15) is 17.3 Å². The number of alkyl halides is 5. The number of hydrogen-bond donors (Lipinski definition) is 1. The van der Waals surface area contributed by atoms with Crippen molar-refractivity contribution in [3.63, 3.8) is 0 Å². The molecule has 0 aliphatic heterocycles. The third kappa shape index (κ3) is 4.72. The molecule has 154 valence electrons. The molecule has 1 aromatic heterocycles. The Morgan fingerprint density at radius 2 is 1.89 bits per heavy atom. The Hall–Kier alpha value is -2.37. The Kier molecular flexibility index (Phi) is 6.21. The van der Waals surface area contributed by atoms with Crippen LogP contribution in [0.15, 0.2) is 23.1 Å². The number of ether oxygens (including phenoxy) is 1. The standard InChI is InChI=1S/C16H15F6N3O2S/c1-8-4-10(17)11(5-12(8)28-3)25-13(23-9(2)26)6-14(24-25)27-7-15(18,19)16(20,21)22/h4-6H,7H2,1-3H3,(H,23,26). The number of halogens is 6. The molecule has 2 rings (SSSR count). The predicted molar refractivity (Wildman–Crippen MR) is 90.8 cm³/mol.